The van der Waals surface area contributed by atoms with E-state index in [1.54, 1.807) is 37.0 Å². The minimum atomic E-state index is -0.479. The van der Waals surface area contributed by atoms with Crippen LogP contribution in [0.1, 0.15) is 29.0 Å². The molecule has 4 rings (SSSR count). The third-order valence-electron chi connectivity index (χ3n) is 5.59. The van der Waals surface area contributed by atoms with Crippen molar-refractivity contribution < 1.29 is 9.72 Å². The Labute approximate surface area is 184 Å². The van der Waals surface area contributed by atoms with Gasteiger partial charge in [-0.1, -0.05) is 0 Å². The maximum absolute atomic E-state index is 12.7. The van der Waals surface area contributed by atoms with Crippen LogP contribution in [0.15, 0.2) is 43.0 Å². The van der Waals surface area contributed by atoms with Gasteiger partial charge in [0.15, 0.2) is 5.82 Å². The largest absolute Gasteiger partial charge is 0.377 e. The molecule has 0 amide bonds. The van der Waals surface area contributed by atoms with E-state index in [0.29, 0.717) is 12.2 Å². The van der Waals surface area contributed by atoms with Crippen molar-refractivity contribution in [3.63, 3.8) is 0 Å². The Balaban J connectivity index is 1.52. The zero-order valence-electron chi connectivity index (χ0n) is 17.9. The molecular formula is C21H24N8O3. The molecule has 1 aliphatic rings. The quantitative estimate of drug-likeness (QED) is 0.310. The van der Waals surface area contributed by atoms with E-state index in [4.69, 9.17) is 0 Å². The highest BCUT2D eigenvalue weighted by Gasteiger charge is 2.27. The molecule has 2 N–H and O–H groups in total. The van der Waals surface area contributed by atoms with Crippen LogP contribution in [0, 0.1) is 10.1 Å². The fraction of sp³-hybridized carbons (Fsp3) is 0.333. The topological polar surface area (TPSA) is 131 Å². The molecule has 3 aromatic rings. The van der Waals surface area contributed by atoms with Crippen LogP contribution in [-0.2, 0) is 7.05 Å². The van der Waals surface area contributed by atoms with Crippen molar-refractivity contribution >= 4 is 28.8 Å². The molecule has 1 aromatic carbocycles. The first-order valence-corrected chi connectivity index (χ1v) is 10.3. The smallest absolute Gasteiger partial charge is 0.293 e. The van der Waals surface area contributed by atoms with Crippen LogP contribution in [0.3, 0.4) is 0 Å². The number of nitro groups is 1. The van der Waals surface area contributed by atoms with Gasteiger partial charge in [-0.3, -0.25) is 14.9 Å². The summed E-state index contributed by atoms with van der Waals surface area (Å²) in [4.78, 5) is 38.7. The van der Waals surface area contributed by atoms with Gasteiger partial charge in [-0.25, -0.2) is 15.0 Å². The van der Waals surface area contributed by atoms with E-state index in [0.717, 1.165) is 31.0 Å². The number of benzene rings is 1. The van der Waals surface area contributed by atoms with E-state index in [1.807, 2.05) is 6.07 Å². The Morgan fingerprint density at radius 3 is 2.84 bits per heavy atom. The molecule has 11 heteroatoms. The molecule has 1 aliphatic heterocycles. The molecule has 0 bridgehead atoms. The van der Waals surface area contributed by atoms with Crippen LogP contribution in [0.25, 0.3) is 0 Å². The van der Waals surface area contributed by atoms with Crippen molar-refractivity contribution in [3.05, 3.63) is 64.5 Å². The number of imidazole rings is 1. The monoisotopic (exact) mass is 436 g/mol. The first-order chi connectivity index (χ1) is 15.5. The molecular weight excluding hydrogens is 412 g/mol. The molecule has 0 aliphatic carbocycles. The minimum Gasteiger partial charge on any atom is -0.377 e. The van der Waals surface area contributed by atoms with Gasteiger partial charge in [-0.05, 0) is 25.0 Å². The number of ketones is 1. The van der Waals surface area contributed by atoms with Gasteiger partial charge < -0.3 is 20.1 Å². The van der Waals surface area contributed by atoms with E-state index in [2.05, 4.69) is 30.5 Å². The number of anilines is 3. The second-order valence-electron chi connectivity index (χ2n) is 7.56. The van der Waals surface area contributed by atoms with Gasteiger partial charge in [-0.15, -0.1) is 0 Å². The Hall–Kier alpha value is -4.02. The van der Waals surface area contributed by atoms with Crippen molar-refractivity contribution in [2.75, 3.05) is 35.7 Å². The highest BCUT2D eigenvalue weighted by Crippen LogP contribution is 2.29. The van der Waals surface area contributed by atoms with E-state index >= 15 is 0 Å². The maximum Gasteiger partial charge on any atom is 0.293 e. The molecule has 2 aromatic heterocycles. The van der Waals surface area contributed by atoms with Crippen molar-refractivity contribution in [3.8, 4) is 0 Å². The van der Waals surface area contributed by atoms with Crippen molar-refractivity contribution in [1.29, 1.82) is 0 Å². The van der Waals surface area contributed by atoms with E-state index < -0.39 is 4.92 Å². The van der Waals surface area contributed by atoms with Crippen molar-refractivity contribution in [2.45, 2.75) is 18.9 Å². The highest BCUT2D eigenvalue weighted by molar-refractivity contribution is 6.07. The number of hydrogen-bond acceptors (Lipinski definition) is 9. The summed E-state index contributed by atoms with van der Waals surface area (Å²) in [6.45, 7) is 1.36. The maximum atomic E-state index is 12.7. The molecule has 1 fully saturated rings. The normalized spacial score (nSPS) is 15.6. The van der Waals surface area contributed by atoms with E-state index in [-0.39, 0.29) is 28.9 Å². The second kappa shape index (κ2) is 9.00. The summed E-state index contributed by atoms with van der Waals surface area (Å²) in [5.74, 6) is 1.42. The number of aryl methyl sites for hydroxylation is 1. The molecule has 1 atom stereocenters. The predicted molar refractivity (Wildman–Crippen MR) is 120 cm³/mol. The summed E-state index contributed by atoms with van der Waals surface area (Å²) in [7, 11) is 3.51. The lowest BCUT2D eigenvalue weighted by Crippen LogP contribution is -2.35. The van der Waals surface area contributed by atoms with Crippen molar-refractivity contribution in [1.82, 2.24) is 19.5 Å². The SMILES string of the molecule is CNc1cc(N2CCCC2CNc2ccc(C(=O)c3nccn3C)cc2[N+](=O)[O-])ncn1. The highest BCUT2D eigenvalue weighted by atomic mass is 16.6. The number of carbonyl (C=O) groups is 1. The third-order valence-corrected chi connectivity index (χ3v) is 5.59. The average Bonchev–Trinajstić information content (AvgIpc) is 3.46. The van der Waals surface area contributed by atoms with Gasteiger partial charge >= 0.3 is 0 Å². The van der Waals surface area contributed by atoms with Crippen molar-refractivity contribution in [2.24, 2.45) is 7.05 Å². The Kier molecular flexibility index (Phi) is 5.97. The van der Waals surface area contributed by atoms with Crippen LogP contribution in [0.5, 0.6) is 0 Å². The second-order valence-corrected chi connectivity index (χ2v) is 7.56. The first kappa shape index (κ1) is 21.2. The molecule has 0 spiro atoms. The molecule has 32 heavy (non-hydrogen) atoms. The molecule has 3 heterocycles. The number of aromatic nitrogens is 4. The summed E-state index contributed by atoms with van der Waals surface area (Å²) in [5, 5.41) is 17.9. The number of nitro benzene ring substituents is 1. The standard InChI is InChI=1S/C21H24N8O3/c1-22-18-11-19(26-13-25-18)28-8-3-4-15(28)12-24-16-6-5-14(10-17(16)29(31)32)20(30)21-23-7-9-27(21)2/h5-7,9-11,13,15,24H,3-4,8,12H2,1-2H3,(H,22,25,26). The van der Waals surface area contributed by atoms with Gasteiger partial charge in [0.2, 0.25) is 5.78 Å². The Bertz CT molecular complexity index is 1150. The lowest BCUT2D eigenvalue weighted by Gasteiger charge is -2.26. The lowest BCUT2D eigenvalue weighted by atomic mass is 10.1. The fourth-order valence-electron chi connectivity index (χ4n) is 3.91. The van der Waals surface area contributed by atoms with Crippen LogP contribution in [-0.4, -0.2) is 56.4 Å². The van der Waals surface area contributed by atoms with Crippen LogP contribution in [0.4, 0.5) is 23.0 Å². The summed E-state index contributed by atoms with van der Waals surface area (Å²) >= 11 is 0. The minimum absolute atomic E-state index is 0.128. The summed E-state index contributed by atoms with van der Waals surface area (Å²) in [5.41, 5.74) is 0.450. The summed E-state index contributed by atoms with van der Waals surface area (Å²) in [6, 6.07) is 6.48. The van der Waals surface area contributed by atoms with Gasteiger partial charge in [0.05, 0.1) is 4.92 Å². The first-order valence-electron chi connectivity index (χ1n) is 10.3. The zero-order valence-corrected chi connectivity index (χ0v) is 17.9. The number of nitrogens with zero attached hydrogens (tertiary/aromatic N) is 6. The number of nitrogens with one attached hydrogen (secondary N) is 2. The molecule has 11 nitrogen and oxygen atoms in total. The number of hydrogen-bond donors (Lipinski definition) is 2. The summed E-state index contributed by atoms with van der Waals surface area (Å²) < 4.78 is 1.58. The van der Waals surface area contributed by atoms with E-state index in [9.17, 15) is 14.9 Å². The Morgan fingerprint density at radius 1 is 1.28 bits per heavy atom. The van der Waals surface area contributed by atoms with Gasteiger partial charge in [0.25, 0.3) is 5.69 Å². The zero-order chi connectivity index (χ0) is 22.7. The molecule has 1 saturated heterocycles. The lowest BCUT2D eigenvalue weighted by molar-refractivity contribution is -0.384. The van der Waals surface area contributed by atoms with Gasteiger partial charge in [0, 0.05) is 63.3 Å². The van der Waals surface area contributed by atoms with Gasteiger partial charge in [0.1, 0.15) is 23.7 Å². The fourth-order valence-corrected chi connectivity index (χ4v) is 3.91. The average molecular weight is 436 g/mol. The molecule has 0 saturated carbocycles. The molecule has 0 radical (unpaired) electrons. The molecule has 1 unspecified atom stereocenters. The predicted octanol–water partition coefficient (Wildman–Crippen LogP) is 2.47. The van der Waals surface area contributed by atoms with Gasteiger partial charge in [-0.2, -0.15) is 0 Å². The molecule has 166 valence electrons. The van der Waals surface area contributed by atoms with Crippen LogP contribution >= 0.6 is 0 Å². The summed E-state index contributed by atoms with van der Waals surface area (Å²) in [6.07, 6.45) is 6.64. The number of carbonyl (C=O) groups excluding carboxylic acids is 1. The van der Waals surface area contributed by atoms with Crippen LogP contribution < -0.4 is 15.5 Å². The number of rotatable bonds is 8. The van der Waals surface area contributed by atoms with E-state index in [1.165, 1.54) is 18.6 Å². The third kappa shape index (κ3) is 4.22. The Morgan fingerprint density at radius 2 is 2.12 bits per heavy atom. The van der Waals surface area contributed by atoms with Crippen LogP contribution in [0.2, 0.25) is 0 Å².